The van der Waals surface area contributed by atoms with Crippen molar-refractivity contribution in [2.75, 3.05) is 33.8 Å². The van der Waals surface area contributed by atoms with E-state index in [1.165, 1.54) is 17.1 Å². The fraction of sp³-hybridized carbons (Fsp3) is 0.500. The molecule has 0 saturated carbocycles. The number of carbonyl (C=O) groups excluding carboxylic acids is 1. The Bertz CT molecular complexity index is 552. The van der Waals surface area contributed by atoms with Gasteiger partial charge in [-0.15, -0.1) is 0 Å². The van der Waals surface area contributed by atoms with E-state index in [2.05, 4.69) is 0 Å². The molecule has 2 rings (SSSR count). The van der Waals surface area contributed by atoms with Crippen molar-refractivity contribution in [1.82, 2.24) is 14.9 Å². The van der Waals surface area contributed by atoms with Crippen molar-refractivity contribution in [2.24, 2.45) is 0 Å². The number of nitrogens with zero attached hydrogens (tertiary/aromatic N) is 3. The zero-order valence-corrected chi connectivity index (χ0v) is 13.7. The quantitative estimate of drug-likeness (QED) is 0.849. The molecule has 23 heavy (non-hydrogen) atoms. The van der Waals surface area contributed by atoms with Gasteiger partial charge in [-0.2, -0.15) is 0 Å². The van der Waals surface area contributed by atoms with E-state index in [1.54, 1.807) is 7.05 Å². The minimum absolute atomic E-state index is 0.172. The lowest BCUT2D eigenvalue weighted by Gasteiger charge is -2.42. The SMILES string of the molecule is CON(C)C(=O)[C@H](c1ccccc1)N1CCN(C(=O)O)[C@H](C)C1. The molecule has 0 unspecified atom stereocenters. The van der Waals surface area contributed by atoms with E-state index < -0.39 is 12.1 Å². The Labute approximate surface area is 136 Å². The van der Waals surface area contributed by atoms with Crippen molar-refractivity contribution < 1.29 is 19.5 Å². The number of carbonyl (C=O) groups is 2. The van der Waals surface area contributed by atoms with E-state index in [-0.39, 0.29) is 11.9 Å². The normalized spacial score (nSPS) is 20.1. The predicted octanol–water partition coefficient (Wildman–Crippen LogP) is 1.43. The van der Waals surface area contributed by atoms with Crippen LogP contribution in [-0.2, 0) is 9.63 Å². The molecule has 7 heteroatoms. The van der Waals surface area contributed by atoms with Crippen LogP contribution in [0.5, 0.6) is 0 Å². The van der Waals surface area contributed by atoms with Gasteiger partial charge in [0.25, 0.3) is 5.91 Å². The van der Waals surface area contributed by atoms with Gasteiger partial charge in [-0.1, -0.05) is 30.3 Å². The molecule has 2 amide bonds. The summed E-state index contributed by atoms with van der Waals surface area (Å²) in [6, 6.07) is 8.82. The number of carboxylic acid groups (broad SMARTS) is 1. The average molecular weight is 321 g/mol. The monoisotopic (exact) mass is 321 g/mol. The Morgan fingerprint density at radius 2 is 1.96 bits per heavy atom. The average Bonchev–Trinajstić information content (AvgIpc) is 2.55. The molecule has 0 radical (unpaired) electrons. The maximum Gasteiger partial charge on any atom is 0.407 e. The zero-order chi connectivity index (χ0) is 17.0. The molecule has 7 nitrogen and oxygen atoms in total. The van der Waals surface area contributed by atoms with Gasteiger partial charge in [0.1, 0.15) is 6.04 Å². The van der Waals surface area contributed by atoms with Gasteiger partial charge in [0.15, 0.2) is 0 Å². The maximum atomic E-state index is 12.7. The van der Waals surface area contributed by atoms with Gasteiger partial charge in [-0.25, -0.2) is 9.86 Å². The van der Waals surface area contributed by atoms with Crippen LogP contribution in [0.15, 0.2) is 30.3 Å². The van der Waals surface area contributed by atoms with Gasteiger partial charge in [-0.3, -0.25) is 14.5 Å². The molecule has 126 valence electrons. The lowest BCUT2D eigenvalue weighted by atomic mass is 10.0. The summed E-state index contributed by atoms with van der Waals surface area (Å²) >= 11 is 0. The Balaban J connectivity index is 2.25. The second-order valence-corrected chi connectivity index (χ2v) is 5.65. The van der Waals surface area contributed by atoms with Crippen LogP contribution >= 0.6 is 0 Å². The Morgan fingerprint density at radius 3 is 2.48 bits per heavy atom. The lowest BCUT2D eigenvalue weighted by molar-refractivity contribution is -0.176. The Morgan fingerprint density at radius 1 is 1.30 bits per heavy atom. The molecular formula is C16H23N3O4. The summed E-state index contributed by atoms with van der Waals surface area (Å²) in [5.74, 6) is -0.172. The molecule has 0 aliphatic carbocycles. The molecule has 1 aliphatic heterocycles. The highest BCUT2D eigenvalue weighted by molar-refractivity contribution is 5.82. The predicted molar refractivity (Wildman–Crippen MR) is 84.7 cm³/mol. The van der Waals surface area contributed by atoms with Crippen molar-refractivity contribution >= 4 is 12.0 Å². The van der Waals surface area contributed by atoms with Crippen LogP contribution in [0.25, 0.3) is 0 Å². The maximum absolute atomic E-state index is 12.7. The summed E-state index contributed by atoms with van der Waals surface area (Å²) in [4.78, 5) is 32.4. The van der Waals surface area contributed by atoms with Crippen molar-refractivity contribution in [3.8, 4) is 0 Å². The highest BCUT2D eigenvalue weighted by Gasteiger charge is 2.36. The van der Waals surface area contributed by atoms with E-state index >= 15 is 0 Å². The number of likely N-dealkylation sites (N-methyl/N-ethyl adjacent to an activating group) is 1. The Kier molecular flexibility index (Phi) is 5.57. The van der Waals surface area contributed by atoms with Gasteiger partial charge in [0, 0.05) is 32.7 Å². The molecule has 1 N–H and O–H groups in total. The molecule has 0 aromatic heterocycles. The highest BCUT2D eigenvalue weighted by Crippen LogP contribution is 2.26. The lowest BCUT2D eigenvalue weighted by Crippen LogP contribution is -2.56. The van der Waals surface area contributed by atoms with Crippen LogP contribution in [0.4, 0.5) is 4.79 Å². The molecule has 1 aromatic carbocycles. The smallest absolute Gasteiger partial charge is 0.407 e. The highest BCUT2D eigenvalue weighted by atomic mass is 16.7. The second kappa shape index (κ2) is 7.43. The molecule has 1 aliphatic rings. The van der Waals surface area contributed by atoms with E-state index in [0.717, 1.165) is 5.56 Å². The summed E-state index contributed by atoms with van der Waals surface area (Å²) in [6.07, 6.45) is -0.922. The number of hydrogen-bond donors (Lipinski definition) is 1. The molecule has 0 bridgehead atoms. The third-order valence-electron chi connectivity index (χ3n) is 4.20. The summed E-state index contributed by atoms with van der Waals surface area (Å²) in [5, 5.41) is 10.4. The van der Waals surface area contributed by atoms with Crippen LogP contribution in [0.3, 0.4) is 0 Å². The van der Waals surface area contributed by atoms with Crippen LogP contribution in [0.1, 0.15) is 18.5 Å². The first-order valence-electron chi connectivity index (χ1n) is 7.56. The summed E-state index contributed by atoms with van der Waals surface area (Å²) < 4.78 is 0. The van der Waals surface area contributed by atoms with Gasteiger partial charge >= 0.3 is 6.09 Å². The largest absolute Gasteiger partial charge is 0.465 e. The minimum atomic E-state index is -0.922. The van der Waals surface area contributed by atoms with Crippen molar-refractivity contribution in [3.63, 3.8) is 0 Å². The van der Waals surface area contributed by atoms with Crippen molar-refractivity contribution in [2.45, 2.75) is 19.0 Å². The second-order valence-electron chi connectivity index (χ2n) is 5.65. The molecule has 1 fully saturated rings. The number of hydrogen-bond acceptors (Lipinski definition) is 4. The number of benzene rings is 1. The minimum Gasteiger partial charge on any atom is -0.465 e. The zero-order valence-electron chi connectivity index (χ0n) is 13.7. The number of rotatable bonds is 4. The fourth-order valence-electron chi connectivity index (χ4n) is 2.91. The summed E-state index contributed by atoms with van der Waals surface area (Å²) in [5.41, 5.74) is 0.873. The van der Waals surface area contributed by atoms with Crippen molar-refractivity contribution in [1.29, 1.82) is 0 Å². The van der Waals surface area contributed by atoms with Gasteiger partial charge in [0.2, 0.25) is 0 Å². The third-order valence-corrected chi connectivity index (χ3v) is 4.20. The number of amides is 2. The molecule has 1 heterocycles. The third kappa shape index (κ3) is 3.80. The van der Waals surface area contributed by atoms with Crippen molar-refractivity contribution in [3.05, 3.63) is 35.9 Å². The number of piperazine rings is 1. The molecule has 2 atom stereocenters. The van der Waals surface area contributed by atoms with Crippen LogP contribution < -0.4 is 0 Å². The number of hydroxylamine groups is 2. The molecule has 1 saturated heterocycles. The fourth-order valence-corrected chi connectivity index (χ4v) is 2.91. The topological polar surface area (TPSA) is 73.3 Å². The summed E-state index contributed by atoms with van der Waals surface area (Å²) in [6.45, 7) is 3.23. The Hall–Kier alpha value is -2.12. The van der Waals surface area contributed by atoms with Gasteiger partial charge in [-0.05, 0) is 12.5 Å². The first-order chi connectivity index (χ1) is 11.0. The molecular weight excluding hydrogens is 298 g/mol. The standard InChI is InChI=1S/C16H23N3O4/c1-12-11-18(9-10-19(12)16(21)22)14(15(20)17(2)23-3)13-7-5-4-6-8-13/h4-8,12,14H,9-11H2,1-3H3,(H,21,22)/t12-,14+/m1/s1. The first-order valence-corrected chi connectivity index (χ1v) is 7.56. The van der Waals surface area contributed by atoms with Crippen LogP contribution in [-0.4, -0.2) is 71.8 Å². The van der Waals surface area contributed by atoms with E-state index in [9.17, 15) is 14.7 Å². The van der Waals surface area contributed by atoms with Gasteiger partial charge < -0.3 is 10.0 Å². The van der Waals surface area contributed by atoms with E-state index in [4.69, 9.17) is 4.84 Å². The first kappa shape index (κ1) is 17.2. The van der Waals surface area contributed by atoms with Crippen LogP contribution in [0, 0.1) is 0 Å². The molecule has 1 aromatic rings. The molecule has 0 spiro atoms. The summed E-state index contributed by atoms with van der Waals surface area (Å²) in [7, 11) is 3.03. The van der Waals surface area contributed by atoms with E-state index in [1.807, 2.05) is 42.2 Å². The van der Waals surface area contributed by atoms with E-state index in [0.29, 0.717) is 19.6 Å². The van der Waals surface area contributed by atoms with Gasteiger partial charge in [0.05, 0.1) is 7.11 Å². The van der Waals surface area contributed by atoms with Crippen LogP contribution in [0.2, 0.25) is 0 Å².